The standard InChI is InChI=1S/C9H7ClFNO4/c1-16-9(13)6-3-7(11)5(4-10)2-8(6)12(14)15/h2-3H,4H2,1H3. The molecule has 1 rings (SSSR count). The Morgan fingerprint density at radius 1 is 1.62 bits per heavy atom. The summed E-state index contributed by atoms with van der Waals surface area (Å²) in [6.07, 6.45) is 0. The number of esters is 1. The maximum absolute atomic E-state index is 13.3. The summed E-state index contributed by atoms with van der Waals surface area (Å²) in [6, 6.07) is 1.68. The Balaban J connectivity index is 3.42. The number of nitro groups is 1. The third-order valence-corrected chi connectivity index (χ3v) is 2.20. The summed E-state index contributed by atoms with van der Waals surface area (Å²) in [5, 5.41) is 10.7. The van der Waals surface area contributed by atoms with Gasteiger partial charge >= 0.3 is 5.97 Å². The number of halogens is 2. The van der Waals surface area contributed by atoms with E-state index in [0.29, 0.717) is 0 Å². The number of nitrogens with zero attached hydrogens (tertiary/aromatic N) is 1. The molecule has 0 aliphatic heterocycles. The molecule has 16 heavy (non-hydrogen) atoms. The van der Waals surface area contributed by atoms with Crippen molar-refractivity contribution in [1.29, 1.82) is 0 Å². The van der Waals surface area contributed by atoms with Crippen molar-refractivity contribution < 1.29 is 18.8 Å². The van der Waals surface area contributed by atoms with Crippen LogP contribution in [0.25, 0.3) is 0 Å². The zero-order chi connectivity index (χ0) is 12.3. The number of ether oxygens (including phenoxy) is 1. The van der Waals surface area contributed by atoms with Gasteiger partial charge in [0.25, 0.3) is 5.69 Å². The third kappa shape index (κ3) is 2.27. The van der Waals surface area contributed by atoms with Crippen LogP contribution in [-0.2, 0) is 10.6 Å². The second-order valence-corrected chi connectivity index (χ2v) is 3.11. The summed E-state index contributed by atoms with van der Waals surface area (Å²) in [5.74, 6) is -1.96. The van der Waals surface area contributed by atoms with Crippen molar-refractivity contribution >= 4 is 23.3 Å². The Kier molecular flexibility index (Phi) is 3.78. The molecule has 0 unspecified atom stereocenters. The number of methoxy groups -OCH3 is 1. The number of nitro benzene ring substituents is 1. The van der Waals surface area contributed by atoms with Crippen LogP contribution in [0.4, 0.5) is 10.1 Å². The van der Waals surface area contributed by atoms with Gasteiger partial charge in [0.15, 0.2) is 0 Å². The highest BCUT2D eigenvalue weighted by molar-refractivity contribution is 6.17. The number of hydrogen-bond acceptors (Lipinski definition) is 4. The van der Waals surface area contributed by atoms with Crippen LogP contribution in [0.5, 0.6) is 0 Å². The Morgan fingerprint density at radius 3 is 2.69 bits per heavy atom. The first-order valence-corrected chi connectivity index (χ1v) is 4.65. The fourth-order valence-corrected chi connectivity index (χ4v) is 1.34. The maximum Gasteiger partial charge on any atom is 0.344 e. The largest absolute Gasteiger partial charge is 0.465 e. The first-order valence-electron chi connectivity index (χ1n) is 4.12. The van der Waals surface area contributed by atoms with Crippen molar-refractivity contribution in [3.63, 3.8) is 0 Å². The minimum atomic E-state index is -0.966. The molecule has 0 aliphatic carbocycles. The first kappa shape index (κ1) is 12.4. The fourth-order valence-electron chi connectivity index (χ4n) is 1.13. The minimum Gasteiger partial charge on any atom is -0.465 e. The average molecular weight is 248 g/mol. The van der Waals surface area contributed by atoms with Gasteiger partial charge in [0.2, 0.25) is 0 Å². The van der Waals surface area contributed by atoms with Crippen molar-refractivity contribution in [3.05, 3.63) is 39.2 Å². The number of carbonyl (C=O) groups is 1. The fraction of sp³-hybridized carbons (Fsp3) is 0.222. The lowest BCUT2D eigenvalue weighted by Gasteiger charge is -2.04. The lowest BCUT2D eigenvalue weighted by Crippen LogP contribution is -2.07. The SMILES string of the molecule is COC(=O)c1cc(F)c(CCl)cc1[N+](=O)[O-]. The molecule has 0 N–H and O–H groups in total. The minimum absolute atomic E-state index is 0.0407. The molecule has 0 heterocycles. The highest BCUT2D eigenvalue weighted by atomic mass is 35.5. The molecule has 7 heteroatoms. The van der Waals surface area contributed by atoms with Gasteiger partial charge in [0, 0.05) is 11.6 Å². The van der Waals surface area contributed by atoms with E-state index in [1.165, 1.54) is 0 Å². The Labute approximate surface area is 94.9 Å². The van der Waals surface area contributed by atoms with Crippen LogP contribution in [0.3, 0.4) is 0 Å². The van der Waals surface area contributed by atoms with E-state index in [1.54, 1.807) is 0 Å². The molecule has 0 saturated carbocycles. The average Bonchev–Trinajstić information content (AvgIpc) is 2.27. The summed E-state index contributed by atoms with van der Waals surface area (Å²) in [7, 11) is 1.05. The van der Waals surface area contributed by atoms with Gasteiger partial charge in [0.1, 0.15) is 11.4 Å². The van der Waals surface area contributed by atoms with Crippen molar-refractivity contribution in [2.45, 2.75) is 5.88 Å². The van der Waals surface area contributed by atoms with E-state index in [1.807, 2.05) is 0 Å². The number of rotatable bonds is 3. The molecule has 86 valence electrons. The Bertz CT molecular complexity index is 449. The molecule has 0 aliphatic rings. The summed E-state index contributed by atoms with van der Waals surface area (Å²) < 4.78 is 17.6. The summed E-state index contributed by atoms with van der Waals surface area (Å²) in [6.45, 7) is 0. The van der Waals surface area contributed by atoms with E-state index in [4.69, 9.17) is 11.6 Å². The molecular weight excluding hydrogens is 241 g/mol. The molecule has 0 atom stereocenters. The maximum atomic E-state index is 13.3. The Morgan fingerprint density at radius 2 is 2.25 bits per heavy atom. The molecule has 1 aromatic rings. The van der Waals surface area contributed by atoms with E-state index in [-0.39, 0.29) is 11.4 Å². The number of benzene rings is 1. The second kappa shape index (κ2) is 4.89. The molecule has 0 saturated heterocycles. The second-order valence-electron chi connectivity index (χ2n) is 2.84. The Hall–Kier alpha value is -1.69. The lowest BCUT2D eigenvalue weighted by atomic mass is 10.1. The molecule has 0 fully saturated rings. The first-order chi connectivity index (χ1) is 7.51. The molecule has 0 spiro atoms. The number of alkyl halides is 1. The molecule has 0 aromatic heterocycles. The van der Waals surface area contributed by atoms with Crippen LogP contribution in [0.1, 0.15) is 15.9 Å². The van der Waals surface area contributed by atoms with Crippen LogP contribution < -0.4 is 0 Å². The highest BCUT2D eigenvalue weighted by Gasteiger charge is 2.23. The van der Waals surface area contributed by atoms with Crippen molar-refractivity contribution in [2.24, 2.45) is 0 Å². The van der Waals surface area contributed by atoms with Crippen LogP contribution >= 0.6 is 11.6 Å². The van der Waals surface area contributed by atoms with Crippen LogP contribution in [-0.4, -0.2) is 18.0 Å². The topological polar surface area (TPSA) is 69.4 Å². The van der Waals surface area contributed by atoms with Gasteiger partial charge in [-0.1, -0.05) is 0 Å². The van der Waals surface area contributed by atoms with Gasteiger partial charge in [-0.2, -0.15) is 0 Å². The number of carbonyl (C=O) groups excluding carboxylic acids is 1. The van der Waals surface area contributed by atoms with E-state index in [0.717, 1.165) is 19.2 Å². The van der Waals surface area contributed by atoms with Gasteiger partial charge in [0.05, 0.1) is 17.9 Å². The molecular formula is C9H7ClFNO4. The highest BCUT2D eigenvalue weighted by Crippen LogP contribution is 2.24. The molecule has 0 radical (unpaired) electrons. The van der Waals surface area contributed by atoms with Gasteiger partial charge in [-0.25, -0.2) is 9.18 Å². The normalized spacial score (nSPS) is 9.94. The monoisotopic (exact) mass is 247 g/mol. The predicted molar refractivity (Wildman–Crippen MR) is 54.0 cm³/mol. The van der Waals surface area contributed by atoms with E-state index in [9.17, 15) is 19.3 Å². The number of hydrogen-bond donors (Lipinski definition) is 0. The van der Waals surface area contributed by atoms with E-state index in [2.05, 4.69) is 4.74 Å². The van der Waals surface area contributed by atoms with Crippen LogP contribution in [0, 0.1) is 15.9 Å². The molecule has 1 aromatic carbocycles. The smallest absolute Gasteiger partial charge is 0.344 e. The van der Waals surface area contributed by atoms with Crippen molar-refractivity contribution in [3.8, 4) is 0 Å². The predicted octanol–water partition coefficient (Wildman–Crippen LogP) is 2.26. The van der Waals surface area contributed by atoms with E-state index < -0.39 is 28.0 Å². The summed E-state index contributed by atoms with van der Waals surface area (Å²) >= 11 is 5.40. The summed E-state index contributed by atoms with van der Waals surface area (Å²) in [5.41, 5.74) is -0.996. The lowest BCUT2D eigenvalue weighted by molar-refractivity contribution is -0.385. The molecule has 5 nitrogen and oxygen atoms in total. The third-order valence-electron chi connectivity index (χ3n) is 1.91. The zero-order valence-corrected chi connectivity index (χ0v) is 8.95. The van der Waals surface area contributed by atoms with E-state index >= 15 is 0 Å². The van der Waals surface area contributed by atoms with Gasteiger partial charge in [-0.3, -0.25) is 10.1 Å². The van der Waals surface area contributed by atoms with Crippen molar-refractivity contribution in [2.75, 3.05) is 7.11 Å². The quantitative estimate of drug-likeness (QED) is 0.356. The molecule has 0 amide bonds. The van der Waals surface area contributed by atoms with Gasteiger partial charge < -0.3 is 4.74 Å². The van der Waals surface area contributed by atoms with Gasteiger partial charge in [-0.05, 0) is 6.07 Å². The summed E-state index contributed by atoms with van der Waals surface area (Å²) in [4.78, 5) is 21.0. The zero-order valence-electron chi connectivity index (χ0n) is 8.20. The van der Waals surface area contributed by atoms with Crippen molar-refractivity contribution in [1.82, 2.24) is 0 Å². The van der Waals surface area contributed by atoms with Crippen LogP contribution in [0.15, 0.2) is 12.1 Å². The van der Waals surface area contributed by atoms with Crippen LogP contribution in [0.2, 0.25) is 0 Å². The van der Waals surface area contributed by atoms with Gasteiger partial charge in [-0.15, -0.1) is 11.6 Å². The molecule has 0 bridgehead atoms.